The van der Waals surface area contributed by atoms with Gasteiger partial charge in [-0.2, -0.15) is 0 Å². The Labute approximate surface area is 131 Å². The van der Waals surface area contributed by atoms with Gasteiger partial charge in [0.15, 0.2) is 0 Å². The maximum Gasteiger partial charge on any atom is 0.243 e. The molecule has 1 fully saturated rings. The number of hydrogen-bond donors (Lipinski definition) is 2. The molecule has 2 N–H and O–H groups in total. The minimum Gasteiger partial charge on any atom is -0.598 e. The second-order valence-electron chi connectivity index (χ2n) is 4.62. The third-order valence-corrected chi connectivity index (χ3v) is 4.88. The average Bonchev–Trinajstić information content (AvgIpc) is 2.50. The maximum atomic E-state index is 13.3. The lowest BCUT2D eigenvalue weighted by Gasteiger charge is -2.32. The molecule has 1 saturated heterocycles. The maximum absolute atomic E-state index is 13.3. The molecule has 8 heteroatoms. The molecule has 1 aromatic carbocycles. The zero-order valence-electron chi connectivity index (χ0n) is 11.6. The van der Waals surface area contributed by atoms with Crippen molar-refractivity contribution in [2.75, 3.05) is 30.7 Å². The first-order valence-corrected chi connectivity index (χ1v) is 8.29. The van der Waals surface area contributed by atoms with E-state index in [-0.39, 0.29) is 10.9 Å². The van der Waals surface area contributed by atoms with Gasteiger partial charge in [0.1, 0.15) is 17.6 Å². The molecule has 0 saturated carbocycles. The van der Waals surface area contributed by atoms with Crippen LogP contribution in [0.1, 0.15) is 6.92 Å². The monoisotopic (exact) mass is 333 g/mol. The molecule has 0 spiro atoms. The molecule has 21 heavy (non-hydrogen) atoms. The predicted molar refractivity (Wildman–Crippen MR) is 82.1 cm³/mol. The second-order valence-corrected chi connectivity index (χ2v) is 6.77. The number of nitrogens with one attached hydrogen (secondary N) is 2. The topological polar surface area (TPSA) is 67.4 Å². The van der Waals surface area contributed by atoms with E-state index in [0.29, 0.717) is 31.1 Å². The van der Waals surface area contributed by atoms with Crippen molar-refractivity contribution in [3.63, 3.8) is 0 Å². The minimum atomic E-state index is -1.07. The van der Waals surface area contributed by atoms with Crippen molar-refractivity contribution >= 4 is 34.6 Å². The molecule has 2 rings (SSSR count). The van der Waals surface area contributed by atoms with E-state index in [0.717, 1.165) is 0 Å². The molecule has 116 valence electrons. The van der Waals surface area contributed by atoms with Crippen LogP contribution in [-0.4, -0.2) is 46.2 Å². The molecular formula is C13H17ClFN3O2S. The molecule has 5 nitrogen and oxygen atoms in total. The Balaban J connectivity index is 1.97. The van der Waals surface area contributed by atoms with Gasteiger partial charge in [-0.25, -0.2) is 4.39 Å². The molecule has 1 aliphatic rings. The number of anilines is 1. The summed E-state index contributed by atoms with van der Waals surface area (Å²) >= 11 is 4.53. The summed E-state index contributed by atoms with van der Waals surface area (Å²) in [5.74, 6) is -0.342. The number of nitrogens with zero attached hydrogens (tertiary/aromatic N) is 1. The van der Waals surface area contributed by atoms with Crippen molar-refractivity contribution in [3.05, 3.63) is 29.0 Å². The van der Waals surface area contributed by atoms with E-state index in [4.69, 9.17) is 11.6 Å². The number of hydrogen-bond acceptors (Lipinski definition) is 4. The average molecular weight is 334 g/mol. The number of rotatable bonds is 4. The zero-order chi connectivity index (χ0) is 15.4. The number of piperazine rings is 1. The molecule has 1 amide bonds. The van der Waals surface area contributed by atoms with E-state index in [1.54, 1.807) is 4.31 Å². The van der Waals surface area contributed by atoms with Crippen molar-refractivity contribution in [2.24, 2.45) is 0 Å². The summed E-state index contributed by atoms with van der Waals surface area (Å²) in [4.78, 5) is 12.2. The number of benzene rings is 1. The fraction of sp³-hybridized carbons (Fsp3) is 0.462. The van der Waals surface area contributed by atoms with Gasteiger partial charge in [-0.3, -0.25) is 4.79 Å². The molecule has 2 unspecified atom stereocenters. The van der Waals surface area contributed by atoms with Crippen LogP contribution in [0, 0.1) is 5.82 Å². The fourth-order valence-electron chi connectivity index (χ4n) is 2.07. The van der Waals surface area contributed by atoms with Crippen molar-refractivity contribution in [2.45, 2.75) is 13.0 Å². The molecular weight excluding hydrogens is 317 g/mol. The van der Waals surface area contributed by atoms with Gasteiger partial charge in [-0.05, 0) is 25.1 Å². The van der Waals surface area contributed by atoms with Gasteiger partial charge in [0, 0.05) is 23.6 Å². The van der Waals surface area contributed by atoms with E-state index in [2.05, 4.69) is 10.6 Å². The van der Waals surface area contributed by atoms with Gasteiger partial charge in [-0.1, -0.05) is 11.6 Å². The molecule has 0 radical (unpaired) electrons. The van der Waals surface area contributed by atoms with E-state index < -0.39 is 23.2 Å². The van der Waals surface area contributed by atoms with Gasteiger partial charge in [-0.15, -0.1) is 4.31 Å². The summed E-state index contributed by atoms with van der Waals surface area (Å²) in [6.45, 7) is 3.42. The summed E-state index contributed by atoms with van der Waals surface area (Å²) < 4.78 is 26.9. The van der Waals surface area contributed by atoms with Crippen LogP contribution in [0.25, 0.3) is 0 Å². The Hall–Kier alpha value is -0.860. The SMILES string of the molecule is CC[S+]([O-])N1CCNC(C(=O)Nc2ccc(Cl)c(F)c2)C1. The molecule has 1 aliphatic heterocycles. The van der Waals surface area contributed by atoms with Gasteiger partial charge >= 0.3 is 0 Å². The fourth-order valence-corrected chi connectivity index (χ4v) is 3.16. The number of amides is 1. The normalized spacial score (nSPS) is 21.0. The lowest BCUT2D eigenvalue weighted by Crippen LogP contribution is -2.57. The highest BCUT2D eigenvalue weighted by molar-refractivity contribution is 7.89. The largest absolute Gasteiger partial charge is 0.598 e. The molecule has 2 atom stereocenters. The highest BCUT2D eigenvalue weighted by Crippen LogP contribution is 2.19. The Morgan fingerprint density at radius 1 is 1.67 bits per heavy atom. The summed E-state index contributed by atoms with van der Waals surface area (Å²) in [5.41, 5.74) is 0.345. The van der Waals surface area contributed by atoms with Crippen LogP contribution in [0.5, 0.6) is 0 Å². The lowest BCUT2D eigenvalue weighted by molar-refractivity contribution is -0.118. The van der Waals surface area contributed by atoms with Crippen LogP contribution >= 0.6 is 11.6 Å². The summed E-state index contributed by atoms with van der Waals surface area (Å²) in [6.07, 6.45) is 0. The van der Waals surface area contributed by atoms with Crippen molar-refractivity contribution < 1.29 is 13.7 Å². The first-order chi connectivity index (χ1) is 10.0. The molecule has 0 aliphatic carbocycles. The van der Waals surface area contributed by atoms with Gasteiger partial charge < -0.3 is 15.2 Å². The van der Waals surface area contributed by atoms with E-state index >= 15 is 0 Å². The van der Waals surface area contributed by atoms with Gasteiger partial charge in [0.05, 0.1) is 18.1 Å². The predicted octanol–water partition coefficient (Wildman–Crippen LogP) is 1.38. The third-order valence-electron chi connectivity index (χ3n) is 3.18. The summed E-state index contributed by atoms with van der Waals surface area (Å²) in [6, 6.07) is 3.62. The number of carbonyl (C=O) groups is 1. The molecule has 0 bridgehead atoms. The van der Waals surface area contributed by atoms with Gasteiger partial charge in [0.25, 0.3) is 0 Å². The van der Waals surface area contributed by atoms with Gasteiger partial charge in [0.2, 0.25) is 5.91 Å². The molecule has 0 aromatic heterocycles. The highest BCUT2D eigenvalue weighted by Gasteiger charge is 2.30. The Kier molecular flexibility index (Phi) is 5.83. The van der Waals surface area contributed by atoms with Crippen LogP contribution in [-0.2, 0) is 16.2 Å². The minimum absolute atomic E-state index is 0.00769. The number of halogens is 2. The van der Waals surface area contributed by atoms with Crippen molar-refractivity contribution in [1.82, 2.24) is 9.62 Å². The quantitative estimate of drug-likeness (QED) is 0.817. The van der Waals surface area contributed by atoms with Crippen LogP contribution in [0.4, 0.5) is 10.1 Å². The zero-order valence-corrected chi connectivity index (χ0v) is 13.1. The second kappa shape index (κ2) is 7.42. The van der Waals surface area contributed by atoms with Crippen molar-refractivity contribution in [3.8, 4) is 0 Å². The van der Waals surface area contributed by atoms with Crippen molar-refractivity contribution in [1.29, 1.82) is 0 Å². The molecule has 1 heterocycles. The van der Waals surface area contributed by atoms with E-state index in [9.17, 15) is 13.7 Å². The van der Waals surface area contributed by atoms with E-state index in [1.807, 2.05) is 6.92 Å². The van der Waals surface area contributed by atoms with Crippen LogP contribution < -0.4 is 10.6 Å². The smallest absolute Gasteiger partial charge is 0.243 e. The van der Waals surface area contributed by atoms with Crippen LogP contribution in [0.3, 0.4) is 0 Å². The van der Waals surface area contributed by atoms with Crippen LogP contribution in [0.15, 0.2) is 18.2 Å². The first kappa shape index (κ1) is 16.5. The molecule has 1 aromatic rings. The highest BCUT2D eigenvalue weighted by atomic mass is 35.5. The first-order valence-electron chi connectivity index (χ1n) is 6.64. The third kappa shape index (κ3) is 4.31. The standard InChI is InChI=1S/C13H17ClFN3O2S/c1-2-21(20)18-6-5-16-12(8-18)13(19)17-9-3-4-10(14)11(15)7-9/h3-4,7,12,16H,2,5-6,8H2,1H3,(H,17,19). The Bertz CT molecular complexity index is 520. The summed E-state index contributed by atoms with van der Waals surface area (Å²) in [5, 5.41) is 5.71. The Morgan fingerprint density at radius 2 is 2.43 bits per heavy atom. The van der Waals surface area contributed by atoms with Crippen LogP contribution in [0.2, 0.25) is 5.02 Å². The number of carbonyl (C=O) groups excluding carboxylic acids is 1. The Morgan fingerprint density at radius 3 is 3.10 bits per heavy atom. The lowest BCUT2D eigenvalue weighted by atomic mass is 10.2. The summed E-state index contributed by atoms with van der Waals surface area (Å²) in [7, 11) is 0. The van der Waals surface area contributed by atoms with E-state index in [1.165, 1.54) is 18.2 Å².